The molecule has 0 saturated heterocycles. The molecule has 1 heterocycles. The Morgan fingerprint density at radius 2 is 2.04 bits per heavy atom. The van der Waals surface area contributed by atoms with Gasteiger partial charge in [0, 0.05) is 10.9 Å². The molecule has 6 nitrogen and oxygen atoms in total. The molecular formula is C16H12BrFN4O2. The minimum Gasteiger partial charge on any atom is -0.324 e. The van der Waals surface area contributed by atoms with Crippen molar-refractivity contribution in [2.24, 2.45) is 0 Å². The third kappa shape index (κ3) is 3.48. The number of nitrogens with one attached hydrogen (secondary N) is 1. The lowest BCUT2D eigenvalue weighted by molar-refractivity contribution is -0.116. The minimum absolute atomic E-state index is 0.0254. The molecule has 0 saturated carbocycles. The van der Waals surface area contributed by atoms with Crippen molar-refractivity contribution >= 4 is 38.4 Å². The van der Waals surface area contributed by atoms with Crippen LogP contribution < -0.4 is 10.9 Å². The zero-order valence-electron chi connectivity index (χ0n) is 12.4. The molecule has 24 heavy (non-hydrogen) atoms. The molecule has 0 unspecified atom stereocenters. The SMILES string of the molecule is O=C(CCn1nnc2ccccc2c1=O)Nc1ccc(Br)cc1F. The zero-order valence-corrected chi connectivity index (χ0v) is 14.0. The first-order chi connectivity index (χ1) is 11.5. The highest BCUT2D eigenvalue weighted by molar-refractivity contribution is 9.10. The van der Waals surface area contributed by atoms with E-state index < -0.39 is 11.7 Å². The minimum atomic E-state index is -0.541. The number of aryl methyl sites for hydroxylation is 1. The molecule has 0 aliphatic carbocycles. The summed E-state index contributed by atoms with van der Waals surface area (Å²) in [6.07, 6.45) is -0.0254. The van der Waals surface area contributed by atoms with Gasteiger partial charge in [-0.3, -0.25) is 9.59 Å². The molecular weight excluding hydrogens is 379 g/mol. The van der Waals surface area contributed by atoms with Gasteiger partial charge in [-0.05, 0) is 30.3 Å². The second-order valence-corrected chi connectivity index (χ2v) is 5.97. The van der Waals surface area contributed by atoms with Crippen LogP contribution in [0.1, 0.15) is 6.42 Å². The van der Waals surface area contributed by atoms with Gasteiger partial charge in [-0.2, -0.15) is 0 Å². The van der Waals surface area contributed by atoms with Crippen LogP contribution in [0.15, 0.2) is 51.7 Å². The van der Waals surface area contributed by atoms with Crippen molar-refractivity contribution in [3.8, 4) is 0 Å². The number of anilines is 1. The number of hydrogen-bond donors (Lipinski definition) is 1. The van der Waals surface area contributed by atoms with Gasteiger partial charge in [0.25, 0.3) is 5.56 Å². The third-order valence-electron chi connectivity index (χ3n) is 3.39. The topological polar surface area (TPSA) is 76.9 Å². The van der Waals surface area contributed by atoms with E-state index in [4.69, 9.17) is 0 Å². The summed E-state index contributed by atoms with van der Waals surface area (Å²) in [4.78, 5) is 24.2. The van der Waals surface area contributed by atoms with Gasteiger partial charge in [0.05, 0.1) is 17.6 Å². The van der Waals surface area contributed by atoms with E-state index in [1.165, 1.54) is 12.1 Å². The average molecular weight is 391 g/mol. The van der Waals surface area contributed by atoms with Crippen LogP contribution in [0.4, 0.5) is 10.1 Å². The second kappa shape index (κ2) is 6.88. The Morgan fingerprint density at radius 3 is 2.83 bits per heavy atom. The van der Waals surface area contributed by atoms with Crippen LogP contribution in [0.3, 0.4) is 0 Å². The first-order valence-electron chi connectivity index (χ1n) is 7.12. The molecule has 3 rings (SSSR count). The maximum atomic E-state index is 13.7. The Morgan fingerprint density at radius 1 is 1.25 bits per heavy atom. The van der Waals surface area contributed by atoms with E-state index in [1.807, 2.05) is 0 Å². The van der Waals surface area contributed by atoms with Gasteiger partial charge in [-0.25, -0.2) is 9.07 Å². The number of fused-ring (bicyclic) bond motifs is 1. The van der Waals surface area contributed by atoms with Crippen LogP contribution in [-0.4, -0.2) is 20.9 Å². The molecule has 0 atom stereocenters. The maximum absolute atomic E-state index is 13.7. The molecule has 1 amide bonds. The Bertz CT molecular complexity index is 974. The van der Waals surface area contributed by atoms with Crippen molar-refractivity contribution < 1.29 is 9.18 Å². The lowest BCUT2D eigenvalue weighted by Crippen LogP contribution is -2.26. The van der Waals surface area contributed by atoms with Crippen LogP contribution in [0.25, 0.3) is 10.9 Å². The molecule has 1 aromatic heterocycles. The summed E-state index contributed by atoms with van der Waals surface area (Å²) in [5.74, 6) is -0.960. The molecule has 0 fully saturated rings. The first kappa shape index (κ1) is 16.3. The van der Waals surface area contributed by atoms with E-state index in [1.54, 1.807) is 30.3 Å². The first-order valence-corrected chi connectivity index (χ1v) is 7.91. The maximum Gasteiger partial charge on any atom is 0.277 e. The van der Waals surface area contributed by atoms with E-state index in [0.717, 1.165) is 4.68 Å². The number of amides is 1. The normalized spacial score (nSPS) is 10.8. The van der Waals surface area contributed by atoms with Crippen molar-refractivity contribution in [1.29, 1.82) is 0 Å². The largest absolute Gasteiger partial charge is 0.324 e. The summed E-state index contributed by atoms with van der Waals surface area (Å²) in [5.41, 5.74) is 0.267. The molecule has 122 valence electrons. The average Bonchev–Trinajstić information content (AvgIpc) is 2.57. The number of nitrogens with zero attached hydrogens (tertiary/aromatic N) is 3. The Hall–Kier alpha value is -2.61. The summed E-state index contributed by atoms with van der Waals surface area (Å²) in [6, 6.07) is 11.2. The number of carbonyl (C=O) groups is 1. The Balaban J connectivity index is 1.70. The van der Waals surface area contributed by atoms with Gasteiger partial charge in [-0.15, -0.1) is 5.10 Å². The van der Waals surface area contributed by atoms with Crippen molar-refractivity contribution in [2.45, 2.75) is 13.0 Å². The second-order valence-electron chi connectivity index (χ2n) is 5.06. The van der Waals surface area contributed by atoms with Crippen molar-refractivity contribution in [3.63, 3.8) is 0 Å². The van der Waals surface area contributed by atoms with Crippen LogP contribution >= 0.6 is 15.9 Å². The summed E-state index contributed by atoms with van der Waals surface area (Å²) in [6.45, 7) is 0.0562. The van der Waals surface area contributed by atoms with Crippen molar-refractivity contribution in [2.75, 3.05) is 5.32 Å². The van der Waals surface area contributed by atoms with E-state index in [-0.39, 0.29) is 24.2 Å². The van der Waals surface area contributed by atoms with E-state index in [2.05, 4.69) is 31.6 Å². The van der Waals surface area contributed by atoms with Crippen LogP contribution in [0, 0.1) is 5.82 Å². The highest BCUT2D eigenvalue weighted by Crippen LogP contribution is 2.19. The number of benzene rings is 2. The van der Waals surface area contributed by atoms with Crippen LogP contribution in [0.5, 0.6) is 0 Å². The predicted molar refractivity (Wildman–Crippen MR) is 91.1 cm³/mol. The number of hydrogen-bond acceptors (Lipinski definition) is 4. The fourth-order valence-corrected chi connectivity index (χ4v) is 2.51. The monoisotopic (exact) mass is 390 g/mol. The van der Waals surface area contributed by atoms with Gasteiger partial charge >= 0.3 is 0 Å². The molecule has 8 heteroatoms. The smallest absolute Gasteiger partial charge is 0.277 e. The standard InChI is InChI=1S/C16H12BrFN4O2/c17-10-5-6-14(12(18)9-10)19-15(23)7-8-22-16(24)11-3-1-2-4-13(11)20-21-22/h1-6,9H,7-8H2,(H,19,23). The van der Waals surface area contributed by atoms with Gasteiger partial charge < -0.3 is 5.32 Å². The highest BCUT2D eigenvalue weighted by Gasteiger charge is 2.10. The Kier molecular flexibility index (Phi) is 4.66. The molecule has 0 aliphatic heterocycles. The van der Waals surface area contributed by atoms with E-state index in [9.17, 15) is 14.0 Å². The van der Waals surface area contributed by atoms with Crippen LogP contribution in [-0.2, 0) is 11.3 Å². The fourth-order valence-electron chi connectivity index (χ4n) is 2.18. The lowest BCUT2D eigenvalue weighted by Gasteiger charge is -2.07. The molecule has 0 radical (unpaired) electrons. The van der Waals surface area contributed by atoms with Gasteiger partial charge in [0.1, 0.15) is 11.3 Å². The summed E-state index contributed by atoms with van der Waals surface area (Å²) in [7, 11) is 0. The fraction of sp³-hybridized carbons (Fsp3) is 0.125. The van der Waals surface area contributed by atoms with E-state index in [0.29, 0.717) is 15.4 Å². The molecule has 0 bridgehead atoms. The summed E-state index contributed by atoms with van der Waals surface area (Å²) < 4.78 is 15.4. The quantitative estimate of drug-likeness (QED) is 0.742. The van der Waals surface area contributed by atoms with Crippen molar-refractivity contribution in [1.82, 2.24) is 15.0 Å². The van der Waals surface area contributed by atoms with Gasteiger partial charge in [0.2, 0.25) is 5.91 Å². The molecule has 0 aliphatic rings. The van der Waals surface area contributed by atoms with E-state index >= 15 is 0 Å². The Labute approximate surface area is 144 Å². The summed E-state index contributed by atoms with van der Waals surface area (Å²) >= 11 is 3.15. The van der Waals surface area contributed by atoms with Gasteiger partial charge in [0.15, 0.2) is 0 Å². The number of carbonyl (C=O) groups excluding carboxylic acids is 1. The third-order valence-corrected chi connectivity index (χ3v) is 3.88. The number of halogens is 2. The summed E-state index contributed by atoms with van der Waals surface area (Å²) in [5, 5.41) is 10.7. The molecule has 3 aromatic rings. The molecule has 2 aromatic carbocycles. The lowest BCUT2D eigenvalue weighted by atomic mass is 10.2. The zero-order chi connectivity index (χ0) is 17.1. The molecule has 0 spiro atoms. The van der Waals surface area contributed by atoms with Gasteiger partial charge in [-0.1, -0.05) is 33.3 Å². The number of aromatic nitrogens is 3. The molecule has 1 N–H and O–H groups in total. The number of rotatable bonds is 4. The van der Waals surface area contributed by atoms with Crippen molar-refractivity contribution in [3.05, 3.63) is 63.1 Å². The van der Waals surface area contributed by atoms with Crippen LogP contribution in [0.2, 0.25) is 0 Å². The predicted octanol–water partition coefficient (Wildman–Crippen LogP) is 2.72. The highest BCUT2D eigenvalue weighted by atomic mass is 79.9.